The molecule has 1 aliphatic carbocycles. The molecule has 0 N–H and O–H groups in total. The summed E-state index contributed by atoms with van der Waals surface area (Å²) in [7, 11) is 0. The average Bonchev–Trinajstić information content (AvgIpc) is 2.63. The SMILES string of the molecule is CC(C)(C)C12CC(C(F)(F)F)CC1(C(C)(C)C)O2. The lowest BCUT2D eigenvalue weighted by Crippen LogP contribution is -2.41. The molecule has 106 valence electrons. The largest absolute Gasteiger partial charge is 0.392 e. The normalized spacial score (nSPS) is 40.8. The summed E-state index contributed by atoms with van der Waals surface area (Å²) in [5.41, 5.74) is -1.75. The van der Waals surface area contributed by atoms with Crippen LogP contribution in [0.15, 0.2) is 0 Å². The monoisotopic (exact) mass is 264 g/mol. The minimum Gasteiger partial charge on any atom is -0.361 e. The minimum absolute atomic E-state index is 0.108. The van der Waals surface area contributed by atoms with Crippen LogP contribution in [0.25, 0.3) is 0 Å². The number of hydrogen-bond acceptors (Lipinski definition) is 1. The fourth-order valence-electron chi connectivity index (χ4n) is 3.81. The van der Waals surface area contributed by atoms with Crippen molar-refractivity contribution in [3.8, 4) is 0 Å². The van der Waals surface area contributed by atoms with E-state index in [1.54, 1.807) is 0 Å². The van der Waals surface area contributed by atoms with Crippen molar-refractivity contribution in [3.63, 3.8) is 0 Å². The molecule has 0 spiro atoms. The van der Waals surface area contributed by atoms with E-state index < -0.39 is 23.3 Å². The van der Waals surface area contributed by atoms with E-state index in [1.807, 2.05) is 41.5 Å². The van der Waals surface area contributed by atoms with E-state index in [2.05, 4.69) is 0 Å². The molecule has 1 aliphatic heterocycles. The lowest BCUT2D eigenvalue weighted by molar-refractivity contribution is -0.185. The van der Waals surface area contributed by atoms with Gasteiger partial charge in [-0.25, -0.2) is 0 Å². The molecule has 1 saturated heterocycles. The maximum absolute atomic E-state index is 13.0. The van der Waals surface area contributed by atoms with Gasteiger partial charge in [-0.3, -0.25) is 0 Å². The Hall–Kier alpha value is -0.250. The summed E-state index contributed by atoms with van der Waals surface area (Å²) in [5.74, 6) is -1.22. The molecule has 2 unspecified atom stereocenters. The van der Waals surface area contributed by atoms with Crippen LogP contribution in [-0.4, -0.2) is 17.4 Å². The van der Waals surface area contributed by atoms with Crippen LogP contribution in [0.3, 0.4) is 0 Å². The Morgan fingerprint density at radius 3 is 1.39 bits per heavy atom. The summed E-state index contributed by atoms with van der Waals surface area (Å²) in [5, 5.41) is 0. The maximum Gasteiger partial charge on any atom is 0.392 e. The first-order valence-electron chi connectivity index (χ1n) is 6.54. The number of fused-ring (bicyclic) bond motifs is 1. The topological polar surface area (TPSA) is 12.5 Å². The predicted octanol–water partition coefficient (Wildman–Crippen LogP) is 4.56. The van der Waals surface area contributed by atoms with Crippen molar-refractivity contribution in [3.05, 3.63) is 0 Å². The molecule has 2 aliphatic rings. The number of halogens is 3. The van der Waals surface area contributed by atoms with Crippen molar-refractivity contribution >= 4 is 0 Å². The van der Waals surface area contributed by atoms with Gasteiger partial charge in [0.2, 0.25) is 0 Å². The zero-order valence-corrected chi connectivity index (χ0v) is 12.0. The van der Waals surface area contributed by atoms with E-state index in [1.165, 1.54) is 0 Å². The predicted molar refractivity (Wildman–Crippen MR) is 64.2 cm³/mol. The van der Waals surface area contributed by atoms with Crippen LogP contribution in [0.1, 0.15) is 54.4 Å². The molecule has 0 aromatic heterocycles. The zero-order chi connectivity index (χ0) is 14.2. The third-order valence-electron chi connectivity index (χ3n) is 4.91. The smallest absolute Gasteiger partial charge is 0.361 e. The summed E-state index contributed by atoms with van der Waals surface area (Å²) in [6.07, 6.45) is -3.89. The Morgan fingerprint density at radius 1 is 0.833 bits per heavy atom. The molecule has 2 rings (SSSR count). The van der Waals surface area contributed by atoms with Crippen molar-refractivity contribution in [1.29, 1.82) is 0 Å². The third-order valence-corrected chi connectivity index (χ3v) is 4.91. The van der Waals surface area contributed by atoms with Crippen molar-refractivity contribution in [2.45, 2.75) is 71.8 Å². The van der Waals surface area contributed by atoms with Gasteiger partial charge in [0.05, 0.1) is 5.92 Å². The molecule has 2 atom stereocenters. The van der Waals surface area contributed by atoms with Gasteiger partial charge in [0.15, 0.2) is 0 Å². The second kappa shape index (κ2) is 3.25. The van der Waals surface area contributed by atoms with Gasteiger partial charge < -0.3 is 4.74 Å². The highest BCUT2D eigenvalue weighted by Gasteiger charge is 2.83. The molecule has 4 heteroatoms. The Morgan fingerprint density at radius 2 is 1.17 bits per heavy atom. The highest BCUT2D eigenvalue weighted by Crippen LogP contribution is 2.75. The van der Waals surface area contributed by atoms with Gasteiger partial charge in [0, 0.05) is 0 Å². The van der Waals surface area contributed by atoms with Crippen molar-refractivity contribution in [1.82, 2.24) is 0 Å². The van der Waals surface area contributed by atoms with Crippen LogP contribution in [0.4, 0.5) is 13.2 Å². The first-order chi connectivity index (χ1) is 7.77. The second-order valence-corrected chi connectivity index (χ2v) is 7.90. The molecule has 0 radical (unpaired) electrons. The van der Waals surface area contributed by atoms with Crippen molar-refractivity contribution in [2.24, 2.45) is 16.7 Å². The molecule has 0 amide bonds. The molecule has 0 aromatic carbocycles. The molecule has 0 bridgehead atoms. The van der Waals surface area contributed by atoms with Gasteiger partial charge in [0.1, 0.15) is 11.2 Å². The third kappa shape index (κ3) is 1.57. The van der Waals surface area contributed by atoms with Gasteiger partial charge in [-0.1, -0.05) is 41.5 Å². The van der Waals surface area contributed by atoms with Crippen LogP contribution in [0.2, 0.25) is 0 Å². The summed E-state index contributed by atoms with van der Waals surface area (Å²) in [6.45, 7) is 11.9. The van der Waals surface area contributed by atoms with Gasteiger partial charge >= 0.3 is 6.18 Å². The van der Waals surface area contributed by atoms with Gasteiger partial charge in [-0.15, -0.1) is 0 Å². The van der Waals surface area contributed by atoms with Crippen LogP contribution >= 0.6 is 0 Å². The lowest BCUT2D eigenvalue weighted by Gasteiger charge is -2.33. The molecule has 1 saturated carbocycles. The number of ether oxygens (including phenoxy) is 1. The summed E-state index contributed by atoms with van der Waals surface area (Å²) >= 11 is 0. The van der Waals surface area contributed by atoms with E-state index in [0.717, 1.165) is 0 Å². The van der Waals surface area contributed by atoms with E-state index in [4.69, 9.17) is 4.74 Å². The molecule has 1 heterocycles. The van der Waals surface area contributed by atoms with Crippen molar-refractivity contribution in [2.75, 3.05) is 0 Å². The molecular formula is C14H23F3O. The van der Waals surface area contributed by atoms with Gasteiger partial charge in [-0.2, -0.15) is 13.2 Å². The quantitative estimate of drug-likeness (QED) is 0.584. The summed E-state index contributed by atoms with van der Waals surface area (Å²) in [4.78, 5) is 0. The van der Waals surface area contributed by atoms with E-state index >= 15 is 0 Å². The molecular weight excluding hydrogens is 241 g/mol. The average molecular weight is 264 g/mol. The fourth-order valence-corrected chi connectivity index (χ4v) is 3.81. The van der Waals surface area contributed by atoms with Crippen LogP contribution in [0.5, 0.6) is 0 Å². The Kier molecular flexibility index (Phi) is 2.56. The molecule has 1 nitrogen and oxygen atoms in total. The highest BCUT2D eigenvalue weighted by molar-refractivity contribution is 5.30. The van der Waals surface area contributed by atoms with Crippen molar-refractivity contribution < 1.29 is 17.9 Å². The van der Waals surface area contributed by atoms with Crippen LogP contribution in [0, 0.1) is 16.7 Å². The standard InChI is InChI=1S/C14H23F3O/c1-10(2,3)12-7-9(14(15,16)17)8-13(12,18-12)11(4,5)6/h9H,7-8H2,1-6H3. The molecule has 2 fully saturated rings. The summed E-state index contributed by atoms with van der Waals surface area (Å²) in [6, 6.07) is 0. The molecule has 0 aromatic rings. The van der Waals surface area contributed by atoms with Gasteiger partial charge in [-0.05, 0) is 23.7 Å². The Labute approximate surface area is 107 Å². The maximum atomic E-state index is 13.0. The number of hydrogen-bond donors (Lipinski definition) is 0. The Balaban J connectivity index is 2.39. The summed E-state index contributed by atoms with van der Waals surface area (Å²) < 4.78 is 45.0. The fraction of sp³-hybridized carbons (Fsp3) is 1.00. The first-order valence-corrected chi connectivity index (χ1v) is 6.54. The van der Waals surface area contributed by atoms with E-state index in [0.29, 0.717) is 0 Å². The number of epoxide rings is 1. The second-order valence-electron chi connectivity index (χ2n) is 7.90. The zero-order valence-electron chi connectivity index (χ0n) is 12.0. The lowest BCUT2D eigenvalue weighted by atomic mass is 9.66. The highest BCUT2D eigenvalue weighted by atomic mass is 19.4. The van der Waals surface area contributed by atoms with E-state index in [-0.39, 0.29) is 23.7 Å². The van der Waals surface area contributed by atoms with Gasteiger partial charge in [0.25, 0.3) is 0 Å². The van der Waals surface area contributed by atoms with E-state index in [9.17, 15) is 13.2 Å². The first kappa shape index (κ1) is 14.2. The molecule has 18 heavy (non-hydrogen) atoms. The Bertz CT molecular complexity index is 333. The number of rotatable bonds is 0. The number of alkyl halides is 3. The van der Waals surface area contributed by atoms with Crippen LogP contribution < -0.4 is 0 Å². The minimum atomic E-state index is -4.10. The van der Waals surface area contributed by atoms with Crippen LogP contribution in [-0.2, 0) is 4.74 Å².